The molecule has 2 aliphatic heterocycles. The minimum Gasteiger partial charge on any atom is -0.394 e. The van der Waals surface area contributed by atoms with E-state index >= 15 is 0 Å². The normalized spacial score (nSPS) is 29.5. The Morgan fingerprint density at radius 3 is 2.47 bits per heavy atom. The number of imidazole rings is 1. The molecule has 0 saturated carbocycles. The number of hydrogen-bond donors (Lipinski definition) is 5. The summed E-state index contributed by atoms with van der Waals surface area (Å²) in [6.07, 6.45) is -0.363. The van der Waals surface area contributed by atoms with Crippen molar-refractivity contribution in [2.45, 2.75) is 87.2 Å². The molecular formula is C21H32N6O6S. The lowest BCUT2D eigenvalue weighted by Gasteiger charge is -2.51. The summed E-state index contributed by atoms with van der Waals surface area (Å²) in [6, 6.07) is -0.0713. The maximum absolute atomic E-state index is 12.7. The number of aliphatic hydroxyl groups excluding tert-OH is 3. The zero-order valence-corrected chi connectivity index (χ0v) is 20.4. The van der Waals surface area contributed by atoms with Crippen LogP contribution in [0.4, 0.5) is 0 Å². The quantitative estimate of drug-likeness (QED) is 0.271. The van der Waals surface area contributed by atoms with E-state index in [-0.39, 0.29) is 17.7 Å². The van der Waals surface area contributed by atoms with Crippen molar-refractivity contribution in [3.05, 3.63) is 12.7 Å². The van der Waals surface area contributed by atoms with Gasteiger partial charge in [-0.1, -0.05) is 11.8 Å². The number of carbonyl (C=O) groups excluding carboxylic acids is 1. The highest BCUT2D eigenvalue weighted by Gasteiger charge is 2.46. The number of nitrogens with zero attached hydrogens (tertiary/aromatic N) is 5. The summed E-state index contributed by atoms with van der Waals surface area (Å²) in [5.41, 5.74) is -0.109. The number of aromatic nitrogens is 4. The number of ether oxygens (including phenoxy) is 1. The molecule has 1 amide bonds. The van der Waals surface area contributed by atoms with E-state index in [0.29, 0.717) is 29.0 Å². The Morgan fingerprint density at radius 2 is 1.85 bits per heavy atom. The van der Waals surface area contributed by atoms with Gasteiger partial charge in [-0.2, -0.15) is 5.06 Å². The summed E-state index contributed by atoms with van der Waals surface area (Å²) in [7, 11) is 0. The zero-order chi connectivity index (χ0) is 24.8. The van der Waals surface area contributed by atoms with E-state index < -0.39 is 42.2 Å². The van der Waals surface area contributed by atoms with Crippen LogP contribution in [-0.4, -0.2) is 98.8 Å². The van der Waals surface area contributed by atoms with Crippen LogP contribution in [0.3, 0.4) is 0 Å². The van der Waals surface area contributed by atoms with Crippen molar-refractivity contribution in [1.29, 1.82) is 0 Å². The minimum absolute atomic E-state index is 0.0713. The maximum Gasteiger partial charge on any atom is 0.230 e. The van der Waals surface area contributed by atoms with Gasteiger partial charge in [-0.3, -0.25) is 9.36 Å². The van der Waals surface area contributed by atoms with Crippen LogP contribution in [0.1, 0.15) is 46.8 Å². The number of hydrogen-bond acceptors (Lipinski definition) is 11. The van der Waals surface area contributed by atoms with Gasteiger partial charge in [0.05, 0.1) is 18.7 Å². The van der Waals surface area contributed by atoms with Crippen LogP contribution >= 0.6 is 11.8 Å². The largest absolute Gasteiger partial charge is 0.394 e. The molecule has 2 aromatic rings. The van der Waals surface area contributed by atoms with E-state index in [4.69, 9.17) is 4.74 Å². The van der Waals surface area contributed by atoms with Crippen molar-refractivity contribution >= 4 is 28.8 Å². The van der Waals surface area contributed by atoms with E-state index in [1.54, 1.807) is 0 Å². The Morgan fingerprint density at radius 1 is 1.18 bits per heavy atom. The van der Waals surface area contributed by atoms with Crippen LogP contribution in [0.15, 0.2) is 17.7 Å². The van der Waals surface area contributed by atoms with Crippen LogP contribution in [-0.2, 0) is 9.53 Å². The van der Waals surface area contributed by atoms with Gasteiger partial charge >= 0.3 is 0 Å². The van der Waals surface area contributed by atoms with Crippen LogP contribution in [0, 0.1) is 0 Å². The highest BCUT2D eigenvalue weighted by Crippen LogP contribution is 2.37. The first-order valence-corrected chi connectivity index (χ1v) is 12.1. The number of amides is 1. The van der Waals surface area contributed by atoms with E-state index in [1.807, 2.05) is 27.7 Å². The molecule has 2 aromatic heterocycles. The molecule has 4 heterocycles. The fourth-order valence-corrected chi connectivity index (χ4v) is 5.76. The fourth-order valence-electron chi connectivity index (χ4n) is 5.01. The van der Waals surface area contributed by atoms with E-state index in [2.05, 4.69) is 20.3 Å². The van der Waals surface area contributed by atoms with Crippen LogP contribution in [0.5, 0.6) is 0 Å². The molecule has 4 atom stereocenters. The van der Waals surface area contributed by atoms with Crippen molar-refractivity contribution < 1.29 is 30.1 Å². The summed E-state index contributed by atoms with van der Waals surface area (Å²) in [5.74, 6) is -0.0323. The van der Waals surface area contributed by atoms with Crippen molar-refractivity contribution in [1.82, 2.24) is 29.9 Å². The first kappa shape index (κ1) is 25.2. The first-order valence-electron chi connectivity index (χ1n) is 11.2. The maximum atomic E-state index is 12.7. The third-order valence-electron chi connectivity index (χ3n) is 6.46. The molecule has 34 heavy (non-hydrogen) atoms. The predicted octanol–water partition coefficient (Wildman–Crippen LogP) is 0.0569. The summed E-state index contributed by atoms with van der Waals surface area (Å²) >= 11 is 1.22. The van der Waals surface area contributed by atoms with Gasteiger partial charge in [-0.15, -0.1) is 0 Å². The number of rotatable bonds is 6. The summed E-state index contributed by atoms with van der Waals surface area (Å²) in [5, 5.41) is 45.1. The summed E-state index contributed by atoms with van der Waals surface area (Å²) in [6.45, 7) is 7.36. The second-order valence-corrected chi connectivity index (χ2v) is 11.1. The lowest BCUT2D eigenvalue weighted by atomic mass is 9.79. The Hall–Kier alpha value is -1.87. The molecule has 13 heteroatoms. The monoisotopic (exact) mass is 496 g/mol. The number of thioether (sulfide) groups is 1. The Labute approximate surface area is 201 Å². The molecule has 4 rings (SSSR count). The van der Waals surface area contributed by atoms with Gasteiger partial charge in [-0.05, 0) is 40.5 Å². The van der Waals surface area contributed by atoms with Gasteiger partial charge in [-0.25, -0.2) is 15.0 Å². The first-order chi connectivity index (χ1) is 15.9. The molecule has 0 bridgehead atoms. The van der Waals surface area contributed by atoms with Gasteiger partial charge < -0.3 is 30.6 Å². The molecule has 2 fully saturated rings. The number of hydroxylamine groups is 2. The summed E-state index contributed by atoms with van der Waals surface area (Å²) < 4.78 is 7.06. The van der Waals surface area contributed by atoms with E-state index in [9.17, 15) is 25.3 Å². The minimum atomic E-state index is -1.26. The molecule has 12 nitrogen and oxygen atoms in total. The standard InChI is InChI=1S/C21H32N6O6S/c1-20(2)5-11(6-21(3,4)27(20)32)25-13(29)8-34-18-14-17(22-9-23-18)26(10-24-14)19-16(31)15(30)12(7-28)33-19/h9-12,15-16,19,28,30-32H,5-8H2,1-4H3,(H,25,29). The van der Waals surface area contributed by atoms with Crippen molar-refractivity contribution in [3.63, 3.8) is 0 Å². The van der Waals surface area contributed by atoms with Gasteiger partial charge in [0.15, 0.2) is 11.9 Å². The third kappa shape index (κ3) is 4.65. The number of aliphatic hydroxyl groups is 3. The van der Waals surface area contributed by atoms with E-state index in [1.165, 1.54) is 34.0 Å². The molecular weight excluding hydrogens is 464 g/mol. The molecule has 4 unspecified atom stereocenters. The average molecular weight is 497 g/mol. The smallest absolute Gasteiger partial charge is 0.230 e. The topological polar surface area (TPSA) is 166 Å². The molecule has 2 aliphatic rings. The SMILES string of the molecule is CC1(C)CC(NC(=O)CSc2ncnc3c2ncn3C2OC(CO)C(O)C2O)CC(C)(C)N1O. The van der Waals surface area contributed by atoms with Gasteiger partial charge in [0.2, 0.25) is 5.91 Å². The van der Waals surface area contributed by atoms with Crippen LogP contribution < -0.4 is 5.32 Å². The number of fused-ring (bicyclic) bond motifs is 1. The van der Waals surface area contributed by atoms with Crippen LogP contribution in [0.2, 0.25) is 0 Å². The van der Waals surface area contributed by atoms with Gasteiger partial charge in [0.25, 0.3) is 0 Å². The molecule has 0 spiro atoms. The molecule has 5 N–H and O–H groups in total. The van der Waals surface area contributed by atoms with Crippen molar-refractivity contribution in [2.24, 2.45) is 0 Å². The third-order valence-corrected chi connectivity index (χ3v) is 7.44. The number of carbonyl (C=O) groups is 1. The van der Waals surface area contributed by atoms with Gasteiger partial charge in [0, 0.05) is 17.1 Å². The van der Waals surface area contributed by atoms with Crippen molar-refractivity contribution in [3.8, 4) is 0 Å². The second-order valence-electron chi connectivity index (χ2n) is 10.1. The second kappa shape index (κ2) is 9.30. The average Bonchev–Trinajstić information content (AvgIpc) is 3.31. The predicted molar refractivity (Wildman–Crippen MR) is 122 cm³/mol. The Balaban J connectivity index is 1.43. The zero-order valence-electron chi connectivity index (χ0n) is 19.6. The van der Waals surface area contributed by atoms with E-state index in [0.717, 1.165) is 0 Å². The number of nitrogens with one attached hydrogen (secondary N) is 1. The highest BCUT2D eigenvalue weighted by molar-refractivity contribution is 8.00. The lowest BCUT2D eigenvalue weighted by Crippen LogP contribution is -2.63. The number of piperidine rings is 1. The lowest BCUT2D eigenvalue weighted by molar-refractivity contribution is -0.246. The molecule has 0 radical (unpaired) electrons. The van der Waals surface area contributed by atoms with Crippen molar-refractivity contribution in [2.75, 3.05) is 12.4 Å². The summed E-state index contributed by atoms with van der Waals surface area (Å²) in [4.78, 5) is 25.5. The van der Waals surface area contributed by atoms with Gasteiger partial charge in [0.1, 0.15) is 35.2 Å². The van der Waals surface area contributed by atoms with Crippen LogP contribution in [0.25, 0.3) is 11.2 Å². The fraction of sp³-hybridized carbons (Fsp3) is 0.714. The Bertz CT molecular complexity index is 1030. The molecule has 0 aromatic carbocycles. The Kier molecular flexibility index (Phi) is 6.90. The molecule has 188 valence electrons. The molecule has 0 aliphatic carbocycles. The molecule has 2 saturated heterocycles. The highest BCUT2D eigenvalue weighted by atomic mass is 32.2.